The van der Waals surface area contributed by atoms with Crippen LogP contribution in [0, 0.1) is 20.8 Å². The van der Waals surface area contributed by atoms with Gasteiger partial charge in [0.05, 0.1) is 7.11 Å². The topological polar surface area (TPSA) is 38.3 Å². The molecule has 0 saturated heterocycles. The van der Waals surface area contributed by atoms with E-state index in [2.05, 4.69) is 38.2 Å². The zero-order valence-electron chi connectivity index (χ0n) is 11.8. The van der Waals surface area contributed by atoms with E-state index in [0.29, 0.717) is 0 Å². The highest BCUT2D eigenvalue weighted by molar-refractivity contribution is 5.87. The maximum atomic E-state index is 11.9. The molecule has 98 valence electrons. The van der Waals surface area contributed by atoms with Gasteiger partial charge < -0.3 is 10.1 Å². The molecule has 0 bridgehead atoms. The van der Waals surface area contributed by atoms with Crippen LogP contribution < -0.4 is 5.32 Å². The summed E-state index contributed by atoms with van der Waals surface area (Å²) in [5.41, 5.74) is 4.57. The molecule has 18 heavy (non-hydrogen) atoms. The van der Waals surface area contributed by atoms with Crippen molar-refractivity contribution < 1.29 is 9.53 Å². The second-order valence-corrected chi connectivity index (χ2v) is 5.28. The molecule has 2 unspecified atom stereocenters. The Bertz CT molecular complexity index is 472. The first-order valence-electron chi connectivity index (χ1n) is 6.31. The minimum Gasteiger partial charge on any atom is -0.468 e. The third-order valence-corrected chi connectivity index (χ3v) is 4.04. The normalized spacial score (nSPS) is 25.9. The summed E-state index contributed by atoms with van der Waals surface area (Å²) in [5, 5.41) is 3.15. The number of nitrogens with one attached hydrogen (secondary N) is 1. The highest BCUT2D eigenvalue weighted by Gasteiger charge is 2.61. The molecular formula is C15H21NO2. The van der Waals surface area contributed by atoms with E-state index in [0.717, 1.165) is 6.42 Å². The molecule has 0 spiro atoms. The Kier molecular flexibility index (Phi) is 3.20. The Morgan fingerprint density at radius 1 is 1.33 bits per heavy atom. The number of methoxy groups -OCH3 is 1. The van der Waals surface area contributed by atoms with E-state index in [1.165, 1.54) is 29.4 Å². The number of carbonyl (C=O) groups excluding carboxylic acids is 1. The van der Waals surface area contributed by atoms with E-state index in [4.69, 9.17) is 4.74 Å². The molecule has 1 aliphatic carbocycles. The van der Waals surface area contributed by atoms with Gasteiger partial charge >= 0.3 is 5.97 Å². The second kappa shape index (κ2) is 4.39. The molecule has 1 saturated carbocycles. The first-order chi connectivity index (χ1) is 8.46. The number of aryl methyl sites for hydroxylation is 3. The molecule has 1 N–H and O–H groups in total. The van der Waals surface area contributed by atoms with Crippen molar-refractivity contribution in [3.63, 3.8) is 0 Å². The van der Waals surface area contributed by atoms with Gasteiger partial charge in [0.2, 0.25) is 0 Å². The van der Waals surface area contributed by atoms with Gasteiger partial charge in [-0.1, -0.05) is 17.7 Å². The quantitative estimate of drug-likeness (QED) is 0.832. The summed E-state index contributed by atoms with van der Waals surface area (Å²) >= 11 is 0. The van der Waals surface area contributed by atoms with Gasteiger partial charge in [0.1, 0.15) is 5.54 Å². The first-order valence-corrected chi connectivity index (χ1v) is 6.31. The molecule has 2 rings (SSSR count). The molecule has 1 aromatic rings. The Morgan fingerprint density at radius 3 is 2.33 bits per heavy atom. The van der Waals surface area contributed by atoms with Crippen LogP contribution in [0.15, 0.2) is 12.1 Å². The van der Waals surface area contributed by atoms with Gasteiger partial charge in [-0.2, -0.15) is 0 Å². The smallest absolute Gasteiger partial charge is 0.326 e. The van der Waals surface area contributed by atoms with Crippen molar-refractivity contribution in [3.8, 4) is 0 Å². The third kappa shape index (κ3) is 1.83. The van der Waals surface area contributed by atoms with Crippen molar-refractivity contribution in [2.45, 2.75) is 38.6 Å². The van der Waals surface area contributed by atoms with Crippen molar-refractivity contribution in [2.75, 3.05) is 14.2 Å². The van der Waals surface area contributed by atoms with Crippen molar-refractivity contribution in [2.24, 2.45) is 0 Å². The van der Waals surface area contributed by atoms with E-state index in [9.17, 15) is 4.79 Å². The Labute approximate surface area is 109 Å². The Morgan fingerprint density at radius 2 is 1.89 bits per heavy atom. The van der Waals surface area contributed by atoms with Crippen LogP contribution in [0.1, 0.15) is 34.6 Å². The van der Waals surface area contributed by atoms with E-state index in [1.54, 1.807) is 0 Å². The lowest BCUT2D eigenvalue weighted by Gasteiger charge is -2.17. The van der Waals surface area contributed by atoms with Crippen LogP contribution in [-0.2, 0) is 9.53 Å². The molecule has 3 heteroatoms. The summed E-state index contributed by atoms with van der Waals surface area (Å²) in [5.74, 6) is 0.0740. The highest BCUT2D eigenvalue weighted by atomic mass is 16.5. The zero-order chi connectivity index (χ0) is 13.5. The van der Waals surface area contributed by atoms with Gasteiger partial charge in [-0.3, -0.25) is 4.79 Å². The highest BCUT2D eigenvalue weighted by Crippen LogP contribution is 2.53. The van der Waals surface area contributed by atoms with E-state index in [-0.39, 0.29) is 11.9 Å². The Hall–Kier alpha value is -1.35. The predicted octanol–water partition coefficient (Wildman–Crippen LogP) is 2.23. The maximum Gasteiger partial charge on any atom is 0.326 e. The number of rotatable bonds is 3. The number of esters is 1. The number of carbonyl (C=O) groups is 1. The van der Waals surface area contributed by atoms with Crippen LogP contribution >= 0.6 is 0 Å². The van der Waals surface area contributed by atoms with Crippen molar-refractivity contribution in [3.05, 3.63) is 34.4 Å². The Balaban J connectivity index is 2.39. The van der Waals surface area contributed by atoms with E-state index < -0.39 is 5.54 Å². The summed E-state index contributed by atoms with van der Waals surface area (Å²) in [6, 6.07) is 4.36. The SMILES string of the molecule is CNC1(C(=O)OC)CC1c1c(C)cc(C)cc1C. The summed E-state index contributed by atoms with van der Waals surface area (Å²) in [7, 11) is 3.28. The number of ether oxygens (including phenoxy) is 1. The van der Waals surface area contributed by atoms with Gasteiger partial charge in [-0.25, -0.2) is 0 Å². The van der Waals surface area contributed by atoms with Crippen LogP contribution in [0.4, 0.5) is 0 Å². The number of hydrogen-bond acceptors (Lipinski definition) is 3. The molecule has 1 aliphatic rings. The molecule has 0 amide bonds. The van der Waals surface area contributed by atoms with E-state index >= 15 is 0 Å². The number of hydrogen-bond donors (Lipinski definition) is 1. The summed E-state index contributed by atoms with van der Waals surface area (Å²) in [4.78, 5) is 11.9. The average molecular weight is 247 g/mol. The molecule has 0 heterocycles. The van der Waals surface area contributed by atoms with E-state index in [1.807, 2.05) is 7.05 Å². The molecule has 3 nitrogen and oxygen atoms in total. The molecule has 2 atom stereocenters. The molecule has 1 aromatic carbocycles. The fourth-order valence-electron chi connectivity index (χ4n) is 3.14. The minimum absolute atomic E-state index is 0.158. The van der Waals surface area contributed by atoms with Crippen molar-refractivity contribution in [1.82, 2.24) is 5.32 Å². The molecule has 0 aliphatic heterocycles. The molecule has 1 fully saturated rings. The fraction of sp³-hybridized carbons (Fsp3) is 0.533. The van der Waals surface area contributed by atoms with Gasteiger partial charge in [0.15, 0.2) is 0 Å². The lowest BCUT2D eigenvalue weighted by atomic mass is 9.94. The van der Waals surface area contributed by atoms with Crippen LogP contribution in [0.5, 0.6) is 0 Å². The van der Waals surface area contributed by atoms with Crippen molar-refractivity contribution in [1.29, 1.82) is 0 Å². The standard InChI is InChI=1S/C15H21NO2/c1-9-6-10(2)13(11(3)7-9)12-8-15(12,16-4)14(17)18-5/h6-7,12,16H,8H2,1-5H3. The largest absolute Gasteiger partial charge is 0.468 e. The van der Waals surface area contributed by atoms with Crippen LogP contribution in [-0.4, -0.2) is 25.7 Å². The lowest BCUT2D eigenvalue weighted by molar-refractivity contribution is -0.144. The fourth-order valence-corrected chi connectivity index (χ4v) is 3.14. The maximum absolute atomic E-state index is 11.9. The average Bonchev–Trinajstić information content (AvgIpc) is 3.02. The monoisotopic (exact) mass is 247 g/mol. The molecule has 0 radical (unpaired) electrons. The lowest BCUT2D eigenvalue weighted by Crippen LogP contribution is -2.39. The molecular weight excluding hydrogens is 226 g/mol. The summed E-state index contributed by atoms with van der Waals surface area (Å²) in [6.07, 6.45) is 0.820. The zero-order valence-corrected chi connectivity index (χ0v) is 11.8. The number of likely N-dealkylation sites (N-methyl/N-ethyl adjacent to an activating group) is 1. The van der Waals surface area contributed by atoms with Crippen LogP contribution in [0.3, 0.4) is 0 Å². The van der Waals surface area contributed by atoms with Gasteiger partial charge in [-0.05, 0) is 50.9 Å². The van der Waals surface area contributed by atoms with Crippen LogP contribution in [0.2, 0.25) is 0 Å². The first kappa shape index (κ1) is 13.1. The van der Waals surface area contributed by atoms with Gasteiger partial charge in [0, 0.05) is 5.92 Å². The number of benzene rings is 1. The summed E-state index contributed by atoms with van der Waals surface area (Å²) in [6.45, 7) is 6.33. The van der Waals surface area contributed by atoms with Crippen molar-refractivity contribution >= 4 is 5.97 Å². The molecule has 0 aromatic heterocycles. The predicted molar refractivity (Wildman–Crippen MR) is 71.8 cm³/mol. The minimum atomic E-state index is -0.514. The summed E-state index contributed by atoms with van der Waals surface area (Å²) < 4.78 is 4.92. The van der Waals surface area contributed by atoms with Crippen LogP contribution in [0.25, 0.3) is 0 Å². The van der Waals surface area contributed by atoms with Gasteiger partial charge in [-0.15, -0.1) is 0 Å². The third-order valence-electron chi connectivity index (χ3n) is 4.04. The van der Waals surface area contributed by atoms with Gasteiger partial charge in [0.25, 0.3) is 0 Å². The second-order valence-electron chi connectivity index (χ2n) is 5.28.